The lowest BCUT2D eigenvalue weighted by atomic mass is 10.0. The minimum Gasteiger partial charge on any atom is -0.497 e. The van der Waals surface area contributed by atoms with Crippen LogP contribution in [0.1, 0.15) is 5.56 Å². The van der Waals surface area contributed by atoms with Crippen LogP contribution in [-0.2, 0) is 11.2 Å². The lowest BCUT2D eigenvalue weighted by Crippen LogP contribution is -2.33. The third-order valence-corrected chi connectivity index (χ3v) is 5.30. The second-order valence-electron chi connectivity index (χ2n) is 6.88. The van der Waals surface area contributed by atoms with E-state index in [1.165, 1.54) is 11.6 Å². The first-order valence-electron chi connectivity index (χ1n) is 7.77. The van der Waals surface area contributed by atoms with Crippen LogP contribution in [-0.4, -0.2) is 42.0 Å². The molecule has 1 N–H and O–H groups in total. The smallest absolute Gasteiger partial charge is 0.118 e. The van der Waals surface area contributed by atoms with E-state index in [1.807, 2.05) is 0 Å². The molecule has 0 aliphatic heterocycles. The first-order chi connectivity index (χ1) is 9.94. The van der Waals surface area contributed by atoms with Crippen molar-refractivity contribution in [3.63, 3.8) is 0 Å². The second kappa shape index (κ2) is 9.23. The van der Waals surface area contributed by atoms with Crippen LogP contribution in [0.25, 0.3) is 0 Å². The molecule has 0 saturated carbocycles. The molecule has 1 aromatic carbocycles. The largest absolute Gasteiger partial charge is 0.497 e. The normalized spacial score (nSPS) is 13.2. The molecule has 0 aromatic heterocycles. The molecule has 0 radical (unpaired) electrons. The number of rotatable bonds is 10. The predicted octanol–water partition coefficient (Wildman–Crippen LogP) is 3.43. The van der Waals surface area contributed by atoms with Gasteiger partial charge in [-0.1, -0.05) is 37.8 Å². The van der Waals surface area contributed by atoms with Gasteiger partial charge in [-0.25, -0.2) is 0 Å². The Morgan fingerprint density at radius 2 is 1.76 bits per heavy atom. The van der Waals surface area contributed by atoms with E-state index in [4.69, 9.17) is 9.47 Å². The third-order valence-electron chi connectivity index (χ3n) is 3.50. The van der Waals surface area contributed by atoms with Gasteiger partial charge in [0.2, 0.25) is 0 Å². The van der Waals surface area contributed by atoms with Gasteiger partial charge in [-0.2, -0.15) is 0 Å². The highest BCUT2D eigenvalue weighted by molar-refractivity contribution is 6.76. The van der Waals surface area contributed by atoms with Crippen molar-refractivity contribution in [3.05, 3.63) is 29.8 Å². The Morgan fingerprint density at radius 1 is 1.10 bits per heavy atom. The van der Waals surface area contributed by atoms with Crippen LogP contribution in [0, 0.1) is 5.92 Å². The first-order valence-corrected chi connectivity index (χ1v) is 11.5. The quantitative estimate of drug-likeness (QED) is 0.530. The van der Waals surface area contributed by atoms with E-state index >= 15 is 0 Å². The molecule has 1 aromatic rings. The summed E-state index contributed by atoms with van der Waals surface area (Å²) in [6.45, 7) is 10.1. The number of hydrogen-bond acceptors (Lipinski definition) is 3. The lowest BCUT2D eigenvalue weighted by molar-refractivity contribution is 0.198. The first kappa shape index (κ1) is 18.2. The van der Waals surface area contributed by atoms with Gasteiger partial charge >= 0.3 is 0 Å². The van der Waals surface area contributed by atoms with E-state index < -0.39 is 8.07 Å². The van der Waals surface area contributed by atoms with Crippen molar-refractivity contribution >= 4 is 8.07 Å². The summed E-state index contributed by atoms with van der Waals surface area (Å²) in [5.74, 6) is 1.63. The molecule has 0 heterocycles. The Bertz CT molecular complexity index is 387. The summed E-state index contributed by atoms with van der Waals surface area (Å²) >= 11 is 0. The summed E-state index contributed by atoms with van der Waals surface area (Å²) in [6, 6.07) is 9.83. The van der Waals surface area contributed by atoms with Gasteiger partial charge in [0.1, 0.15) is 5.75 Å². The van der Waals surface area contributed by atoms with Crippen LogP contribution in [0.3, 0.4) is 0 Å². The average molecular weight is 310 g/mol. The summed E-state index contributed by atoms with van der Waals surface area (Å²) < 4.78 is 10.3. The highest BCUT2D eigenvalue weighted by atomic mass is 28.3. The molecule has 0 bridgehead atoms. The highest BCUT2D eigenvalue weighted by Crippen LogP contribution is 2.22. The van der Waals surface area contributed by atoms with Gasteiger partial charge in [0.05, 0.1) is 13.7 Å². The summed E-state index contributed by atoms with van der Waals surface area (Å²) in [5.41, 5.74) is 1.40. The molecule has 0 aliphatic carbocycles. The van der Waals surface area contributed by atoms with Crippen LogP contribution < -0.4 is 10.1 Å². The molecule has 120 valence electrons. The summed E-state index contributed by atoms with van der Waals surface area (Å²) in [5, 5.41) is 3.52. The summed E-state index contributed by atoms with van der Waals surface area (Å²) in [7, 11) is 2.40. The number of ether oxygens (including phenoxy) is 2. The van der Waals surface area contributed by atoms with Crippen LogP contribution in [0.2, 0.25) is 25.7 Å². The van der Waals surface area contributed by atoms with Crippen molar-refractivity contribution in [1.29, 1.82) is 0 Å². The van der Waals surface area contributed by atoms with E-state index in [0.717, 1.165) is 31.9 Å². The number of benzene rings is 1. The van der Waals surface area contributed by atoms with Crippen LogP contribution in [0.4, 0.5) is 0 Å². The van der Waals surface area contributed by atoms with Gasteiger partial charge in [-0.05, 0) is 36.6 Å². The fraction of sp³-hybridized carbons (Fsp3) is 0.647. The fourth-order valence-corrected chi connectivity index (χ4v) is 4.68. The predicted molar refractivity (Wildman–Crippen MR) is 93.1 cm³/mol. The summed E-state index contributed by atoms with van der Waals surface area (Å²) in [6.07, 6.45) is 1.13. The van der Waals surface area contributed by atoms with E-state index in [-0.39, 0.29) is 0 Å². The van der Waals surface area contributed by atoms with Crippen molar-refractivity contribution in [2.24, 2.45) is 5.92 Å². The van der Waals surface area contributed by atoms with Gasteiger partial charge < -0.3 is 14.8 Å². The zero-order valence-electron chi connectivity index (χ0n) is 14.2. The van der Waals surface area contributed by atoms with Crippen molar-refractivity contribution in [1.82, 2.24) is 5.32 Å². The van der Waals surface area contributed by atoms with Crippen LogP contribution >= 0.6 is 0 Å². The molecule has 3 nitrogen and oxygen atoms in total. The number of hydrogen-bond donors (Lipinski definition) is 1. The molecule has 0 amide bonds. The summed E-state index contributed by atoms with van der Waals surface area (Å²) in [4.78, 5) is 0. The van der Waals surface area contributed by atoms with E-state index in [1.54, 1.807) is 14.2 Å². The van der Waals surface area contributed by atoms with E-state index in [2.05, 4.69) is 49.2 Å². The van der Waals surface area contributed by atoms with Crippen molar-refractivity contribution in [3.8, 4) is 5.75 Å². The zero-order valence-corrected chi connectivity index (χ0v) is 15.2. The molecule has 0 saturated heterocycles. The Labute approximate surface area is 131 Å². The minimum atomic E-state index is -1.06. The minimum absolute atomic E-state index is 0.696. The molecule has 0 aliphatic rings. The maximum atomic E-state index is 5.23. The van der Waals surface area contributed by atoms with Gasteiger partial charge in [0, 0.05) is 21.7 Å². The number of nitrogens with one attached hydrogen (secondary N) is 1. The molecule has 21 heavy (non-hydrogen) atoms. The fourth-order valence-electron chi connectivity index (χ4n) is 2.66. The molecule has 0 spiro atoms. The van der Waals surface area contributed by atoms with Crippen molar-refractivity contribution < 1.29 is 9.47 Å². The van der Waals surface area contributed by atoms with Crippen LogP contribution in [0.5, 0.6) is 5.75 Å². The average Bonchev–Trinajstić information content (AvgIpc) is 2.42. The van der Waals surface area contributed by atoms with E-state index in [9.17, 15) is 0 Å². The van der Waals surface area contributed by atoms with Gasteiger partial charge in [-0.15, -0.1) is 0 Å². The molecule has 0 fully saturated rings. The maximum Gasteiger partial charge on any atom is 0.118 e. The molecule has 1 rings (SSSR count). The Balaban J connectivity index is 2.57. The molecular formula is C17H31NO2Si. The topological polar surface area (TPSA) is 30.5 Å². The maximum absolute atomic E-state index is 5.23. The van der Waals surface area contributed by atoms with Gasteiger partial charge in [0.25, 0.3) is 0 Å². The van der Waals surface area contributed by atoms with Crippen molar-refractivity contribution in [2.75, 3.05) is 33.9 Å². The second-order valence-corrected chi connectivity index (χ2v) is 12.4. The van der Waals surface area contributed by atoms with E-state index in [0.29, 0.717) is 5.92 Å². The third kappa shape index (κ3) is 8.24. The monoisotopic (exact) mass is 309 g/mol. The number of methoxy groups -OCH3 is 2. The Kier molecular flexibility index (Phi) is 8.00. The molecule has 4 heteroatoms. The lowest BCUT2D eigenvalue weighted by Gasteiger charge is -2.25. The SMILES string of the molecule is COCCNCC(Cc1ccc(OC)cc1)C[Si](C)(C)C. The van der Waals surface area contributed by atoms with Crippen LogP contribution in [0.15, 0.2) is 24.3 Å². The molecule has 1 unspecified atom stereocenters. The standard InChI is InChI=1S/C17H31NO2Si/c1-19-11-10-18-13-16(14-21(3,4)5)12-15-6-8-17(20-2)9-7-15/h6-9,16,18H,10-14H2,1-5H3. The van der Waals surface area contributed by atoms with Gasteiger partial charge in [0.15, 0.2) is 0 Å². The molecular weight excluding hydrogens is 278 g/mol. The molecule has 1 atom stereocenters. The Hall–Kier alpha value is -0.843. The van der Waals surface area contributed by atoms with Gasteiger partial charge in [-0.3, -0.25) is 0 Å². The zero-order chi connectivity index (χ0) is 15.7. The Morgan fingerprint density at radius 3 is 2.29 bits per heavy atom. The van der Waals surface area contributed by atoms with Crippen molar-refractivity contribution in [2.45, 2.75) is 32.1 Å². The highest BCUT2D eigenvalue weighted by Gasteiger charge is 2.20.